The molecule has 1 unspecified atom stereocenters. The van der Waals surface area contributed by atoms with Crippen LogP contribution in [0.1, 0.15) is 29.8 Å². The third-order valence-electron chi connectivity index (χ3n) is 3.04. The van der Waals surface area contributed by atoms with Crippen LogP contribution in [0.2, 0.25) is 0 Å². The molecule has 2 N–H and O–H groups in total. The van der Waals surface area contributed by atoms with Gasteiger partial charge in [-0.1, -0.05) is 17.3 Å². The molecule has 0 aliphatic rings. The van der Waals surface area contributed by atoms with Crippen LogP contribution in [0.25, 0.3) is 0 Å². The molecule has 1 heterocycles. The van der Waals surface area contributed by atoms with E-state index in [0.717, 1.165) is 0 Å². The summed E-state index contributed by atoms with van der Waals surface area (Å²) in [5.41, 5.74) is 1.79. The van der Waals surface area contributed by atoms with E-state index >= 15 is 0 Å². The van der Waals surface area contributed by atoms with Crippen LogP contribution in [0.5, 0.6) is 0 Å². The third kappa shape index (κ3) is 2.83. The Morgan fingerprint density at radius 1 is 1.35 bits per heavy atom. The maximum absolute atomic E-state index is 12.3. The molecule has 0 aliphatic heterocycles. The minimum Gasteiger partial charge on any atom is -0.389 e. The van der Waals surface area contributed by atoms with Crippen LogP contribution in [-0.2, 0) is 10.0 Å². The Morgan fingerprint density at radius 2 is 2.05 bits per heavy atom. The molecule has 0 radical (unpaired) electrons. The molecule has 7 heteroatoms. The van der Waals surface area contributed by atoms with Crippen LogP contribution in [-0.4, -0.2) is 18.7 Å². The zero-order chi connectivity index (χ0) is 14.9. The molecule has 1 atom stereocenters. The first-order valence-electron chi connectivity index (χ1n) is 6.05. The summed E-state index contributed by atoms with van der Waals surface area (Å²) in [6.07, 6.45) is -0.737. The molecule has 2 rings (SSSR count). The predicted molar refractivity (Wildman–Crippen MR) is 73.9 cm³/mol. The van der Waals surface area contributed by atoms with Crippen LogP contribution < -0.4 is 4.72 Å². The van der Waals surface area contributed by atoms with Crippen molar-refractivity contribution in [1.29, 1.82) is 0 Å². The van der Waals surface area contributed by atoms with Crippen molar-refractivity contribution in [2.45, 2.75) is 31.8 Å². The van der Waals surface area contributed by atoms with Crippen LogP contribution in [0.15, 0.2) is 33.7 Å². The second-order valence-corrected chi connectivity index (χ2v) is 6.26. The summed E-state index contributed by atoms with van der Waals surface area (Å²) >= 11 is 0. The minimum absolute atomic E-state index is 0.0596. The van der Waals surface area contributed by atoms with Crippen LogP contribution in [0.3, 0.4) is 0 Å². The number of aromatic nitrogens is 1. The van der Waals surface area contributed by atoms with Gasteiger partial charge in [0, 0.05) is 5.56 Å². The first-order chi connectivity index (χ1) is 9.31. The summed E-state index contributed by atoms with van der Waals surface area (Å²) in [6.45, 7) is 5.02. The molecule has 0 aliphatic carbocycles. The zero-order valence-corrected chi connectivity index (χ0v) is 12.2. The topological polar surface area (TPSA) is 92.4 Å². The molecule has 2 aromatic rings. The van der Waals surface area contributed by atoms with Crippen molar-refractivity contribution in [2.75, 3.05) is 4.72 Å². The van der Waals surface area contributed by atoms with Crippen molar-refractivity contribution in [3.63, 3.8) is 0 Å². The van der Waals surface area contributed by atoms with Gasteiger partial charge >= 0.3 is 0 Å². The van der Waals surface area contributed by atoms with Crippen molar-refractivity contribution in [3.8, 4) is 0 Å². The van der Waals surface area contributed by atoms with Gasteiger partial charge in [0.25, 0.3) is 10.0 Å². The van der Waals surface area contributed by atoms with Crippen LogP contribution in [0, 0.1) is 13.8 Å². The van der Waals surface area contributed by atoms with E-state index in [0.29, 0.717) is 16.8 Å². The van der Waals surface area contributed by atoms with Gasteiger partial charge in [-0.25, -0.2) is 13.1 Å². The Bertz CT molecular complexity index is 720. The molecule has 0 spiro atoms. The molecule has 0 bridgehead atoms. The average molecular weight is 296 g/mol. The monoisotopic (exact) mass is 296 g/mol. The molecular formula is C13H16N2O4S. The third-order valence-corrected chi connectivity index (χ3v) is 4.36. The molecule has 6 nitrogen and oxygen atoms in total. The fourth-order valence-electron chi connectivity index (χ4n) is 1.63. The fraction of sp³-hybridized carbons (Fsp3) is 0.308. The number of nitrogens with zero attached hydrogens (tertiary/aromatic N) is 1. The number of anilines is 1. The van der Waals surface area contributed by atoms with Crippen LogP contribution in [0.4, 0.5) is 5.88 Å². The quantitative estimate of drug-likeness (QED) is 0.901. The van der Waals surface area contributed by atoms with E-state index in [-0.39, 0.29) is 10.8 Å². The van der Waals surface area contributed by atoms with Gasteiger partial charge in [-0.3, -0.25) is 0 Å². The largest absolute Gasteiger partial charge is 0.389 e. The lowest BCUT2D eigenvalue weighted by Crippen LogP contribution is -2.13. The summed E-state index contributed by atoms with van der Waals surface area (Å²) in [7, 11) is -3.77. The Balaban J connectivity index is 2.36. The minimum atomic E-state index is -3.77. The van der Waals surface area contributed by atoms with Crippen molar-refractivity contribution >= 4 is 15.9 Å². The normalized spacial score (nSPS) is 13.2. The summed E-state index contributed by atoms with van der Waals surface area (Å²) in [5.74, 6) is 0.102. The summed E-state index contributed by atoms with van der Waals surface area (Å²) in [5, 5.41) is 13.2. The number of nitrogens with one attached hydrogen (secondary N) is 1. The van der Waals surface area contributed by atoms with Crippen molar-refractivity contribution in [3.05, 3.63) is 41.1 Å². The molecule has 1 aromatic heterocycles. The Kier molecular flexibility index (Phi) is 3.82. The highest BCUT2D eigenvalue weighted by Gasteiger charge is 2.19. The van der Waals surface area contributed by atoms with Gasteiger partial charge in [-0.15, -0.1) is 0 Å². The lowest BCUT2D eigenvalue weighted by atomic mass is 10.1. The standard InChI is InChI=1S/C13H16N2O4S/c1-8-9(2)14-19-13(8)15-20(17,18)12-6-4-5-11(7-12)10(3)16/h4-7,10,15-16H,1-3H3. The summed E-state index contributed by atoms with van der Waals surface area (Å²) in [6, 6.07) is 6.11. The highest BCUT2D eigenvalue weighted by atomic mass is 32.2. The first-order valence-corrected chi connectivity index (χ1v) is 7.53. The number of aryl methyl sites for hydroxylation is 1. The van der Waals surface area contributed by atoms with Crippen molar-refractivity contribution in [2.24, 2.45) is 0 Å². The second-order valence-electron chi connectivity index (χ2n) is 4.58. The summed E-state index contributed by atoms with van der Waals surface area (Å²) < 4.78 is 31.8. The maximum Gasteiger partial charge on any atom is 0.264 e. The van der Waals surface area contributed by atoms with Crippen LogP contribution >= 0.6 is 0 Å². The molecule has 1 aromatic carbocycles. The Morgan fingerprint density at radius 3 is 2.60 bits per heavy atom. The highest BCUT2D eigenvalue weighted by Crippen LogP contribution is 2.23. The lowest BCUT2D eigenvalue weighted by molar-refractivity contribution is 0.199. The number of benzene rings is 1. The number of hydrogen-bond donors (Lipinski definition) is 2. The zero-order valence-electron chi connectivity index (χ0n) is 11.4. The van der Waals surface area contributed by atoms with Gasteiger partial charge in [0.05, 0.1) is 16.7 Å². The molecule has 108 valence electrons. The van der Waals surface area contributed by atoms with Crippen molar-refractivity contribution < 1.29 is 18.0 Å². The highest BCUT2D eigenvalue weighted by molar-refractivity contribution is 7.92. The summed E-state index contributed by atoms with van der Waals surface area (Å²) in [4.78, 5) is 0.0596. The smallest absolute Gasteiger partial charge is 0.264 e. The Labute approximate surface area is 117 Å². The molecule has 0 amide bonds. The lowest BCUT2D eigenvalue weighted by Gasteiger charge is -2.09. The van der Waals surface area contributed by atoms with Gasteiger partial charge in [0.2, 0.25) is 5.88 Å². The number of hydrogen-bond acceptors (Lipinski definition) is 5. The van der Waals surface area contributed by atoms with E-state index in [9.17, 15) is 13.5 Å². The Hall–Kier alpha value is -1.86. The average Bonchev–Trinajstić information content (AvgIpc) is 2.70. The molecule has 0 fully saturated rings. The number of aliphatic hydroxyl groups is 1. The van der Waals surface area contributed by atoms with E-state index in [4.69, 9.17) is 4.52 Å². The van der Waals surface area contributed by atoms with Crippen molar-refractivity contribution in [1.82, 2.24) is 5.16 Å². The fourth-order valence-corrected chi connectivity index (χ4v) is 2.73. The van der Waals surface area contributed by atoms with Gasteiger partial charge < -0.3 is 9.63 Å². The van der Waals surface area contributed by atoms with Gasteiger partial charge in [-0.2, -0.15) is 0 Å². The van der Waals surface area contributed by atoms with E-state index in [1.807, 2.05) is 0 Å². The molecule has 0 saturated carbocycles. The first kappa shape index (κ1) is 14.5. The van der Waals surface area contributed by atoms with E-state index < -0.39 is 16.1 Å². The van der Waals surface area contributed by atoms with E-state index in [1.54, 1.807) is 32.9 Å². The van der Waals surface area contributed by atoms with E-state index in [2.05, 4.69) is 9.88 Å². The van der Waals surface area contributed by atoms with Gasteiger partial charge in [-0.05, 0) is 38.5 Å². The maximum atomic E-state index is 12.3. The molecular weight excluding hydrogens is 280 g/mol. The van der Waals surface area contributed by atoms with Gasteiger partial charge in [0.1, 0.15) is 0 Å². The number of rotatable bonds is 4. The number of aliphatic hydroxyl groups excluding tert-OH is 1. The predicted octanol–water partition coefficient (Wildman–Crippen LogP) is 2.15. The SMILES string of the molecule is Cc1noc(NS(=O)(=O)c2cccc(C(C)O)c2)c1C. The van der Waals surface area contributed by atoms with E-state index in [1.165, 1.54) is 12.1 Å². The molecule has 0 saturated heterocycles. The molecule has 20 heavy (non-hydrogen) atoms. The second kappa shape index (κ2) is 5.26. The van der Waals surface area contributed by atoms with Gasteiger partial charge in [0.15, 0.2) is 0 Å². The number of sulfonamides is 1.